The summed E-state index contributed by atoms with van der Waals surface area (Å²) in [7, 11) is -3.12. The number of thioether (sulfide) groups is 1. The van der Waals surface area contributed by atoms with Crippen LogP contribution < -0.4 is 8.92 Å². The summed E-state index contributed by atoms with van der Waals surface area (Å²) in [5, 5.41) is 10.4. The van der Waals surface area contributed by atoms with Gasteiger partial charge in [-0.05, 0) is 81.3 Å². The number of benzene rings is 3. The van der Waals surface area contributed by atoms with E-state index in [-0.39, 0.29) is 43.0 Å². The number of halogens is 3. The minimum atomic E-state index is -4.40. The molecule has 4 rings (SSSR count). The highest BCUT2D eigenvalue weighted by Crippen LogP contribution is 2.41. The zero-order valence-corrected chi connectivity index (χ0v) is 23.6. The minimum absolute atomic E-state index is 0.0153. The molecule has 0 atom stereocenters. The number of nitro benzene ring substituents is 1. The van der Waals surface area contributed by atoms with Crippen molar-refractivity contribution in [1.29, 1.82) is 0 Å². The fourth-order valence-electron chi connectivity index (χ4n) is 3.40. The van der Waals surface area contributed by atoms with Crippen molar-refractivity contribution < 1.29 is 36.2 Å². The van der Waals surface area contributed by atoms with Gasteiger partial charge < -0.3 is 8.92 Å². The lowest BCUT2D eigenvalue weighted by Gasteiger charge is -2.14. The van der Waals surface area contributed by atoms with Crippen molar-refractivity contribution >= 4 is 72.3 Å². The van der Waals surface area contributed by atoms with Crippen molar-refractivity contribution in [3.8, 4) is 11.5 Å². The van der Waals surface area contributed by atoms with Crippen molar-refractivity contribution in [3.05, 3.63) is 96.1 Å². The predicted octanol–water partition coefficient (Wildman–Crippen LogP) is 6.16. The van der Waals surface area contributed by atoms with Gasteiger partial charge in [0.1, 0.15) is 10.7 Å². The Kier molecular flexibility index (Phi) is 8.30. The van der Waals surface area contributed by atoms with Crippen molar-refractivity contribution in [3.63, 3.8) is 0 Å². The molecule has 39 heavy (non-hydrogen) atoms. The van der Waals surface area contributed by atoms with Gasteiger partial charge in [0.25, 0.3) is 16.8 Å². The number of amides is 2. The first-order valence-electron chi connectivity index (χ1n) is 10.7. The molecule has 1 fully saturated rings. The number of ether oxygens (including phenoxy) is 1. The number of methoxy groups -OCH3 is 1. The standard InChI is InChI=1S/C24H15BrClFN2O8S2/c1-36-20-9-13(8-18(25)22(20)37-39(34,35)17-6-4-16(5-7-17)29(32)33)10-21-23(30)28(24(31)38-21)12-14-2-3-15(27)11-19(14)26/h2-11H,12H2,1H3/b21-10-. The first-order valence-corrected chi connectivity index (χ1v) is 14.0. The van der Waals surface area contributed by atoms with E-state index in [1.807, 2.05) is 0 Å². The first-order chi connectivity index (χ1) is 18.4. The third kappa shape index (κ3) is 6.24. The Morgan fingerprint density at radius 2 is 1.85 bits per heavy atom. The molecule has 0 saturated carbocycles. The van der Waals surface area contributed by atoms with E-state index in [0.29, 0.717) is 22.9 Å². The highest BCUT2D eigenvalue weighted by molar-refractivity contribution is 9.10. The number of carbonyl (C=O) groups is 2. The van der Waals surface area contributed by atoms with Crippen LogP contribution in [0.25, 0.3) is 6.08 Å². The largest absolute Gasteiger partial charge is 0.493 e. The Morgan fingerprint density at radius 3 is 2.46 bits per heavy atom. The van der Waals surface area contributed by atoms with Crippen LogP contribution in [0.3, 0.4) is 0 Å². The molecule has 202 valence electrons. The number of carbonyl (C=O) groups excluding carboxylic acids is 2. The monoisotopic (exact) mass is 656 g/mol. The van der Waals surface area contributed by atoms with Crippen LogP contribution in [0.5, 0.6) is 11.5 Å². The van der Waals surface area contributed by atoms with Gasteiger partial charge >= 0.3 is 10.1 Å². The second-order valence-corrected chi connectivity index (χ2v) is 11.6. The van der Waals surface area contributed by atoms with Crippen LogP contribution >= 0.6 is 39.3 Å². The van der Waals surface area contributed by atoms with E-state index < -0.39 is 32.0 Å². The van der Waals surface area contributed by atoms with E-state index in [0.717, 1.165) is 35.2 Å². The second kappa shape index (κ2) is 11.3. The lowest BCUT2D eigenvalue weighted by atomic mass is 10.1. The number of hydrogen-bond donors (Lipinski definition) is 0. The zero-order valence-electron chi connectivity index (χ0n) is 19.6. The molecule has 10 nitrogen and oxygen atoms in total. The summed E-state index contributed by atoms with van der Waals surface area (Å²) >= 11 is 9.96. The molecule has 3 aromatic carbocycles. The number of nitro groups is 1. The third-order valence-corrected chi connectivity index (χ3v) is 8.38. The van der Waals surface area contributed by atoms with Crippen molar-refractivity contribution in [2.45, 2.75) is 11.4 Å². The quantitative estimate of drug-likeness (QED) is 0.121. The lowest BCUT2D eigenvalue weighted by molar-refractivity contribution is -0.384. The van der Waals surface area contributed by atoms with Crippen molar-refractivity contribution in [1.82, 2.24) is 4.90 Å². The molecule has 15 heteroatoms. The maximum absolute atomic E-state index is 13.3. The highest BCUT2D eigenvalue weighted by atomic mass is 79.9. The number of imide groups is 1. The Morgan fingerprint density at radius 1 is 1.15 bits per heavy atom. The van der Waals surface area contributed by atoms with Gasteiger partial charge in [-0.25, -0.2) is 4.39 Å². The maximum Gasteiger partial charge on any atom is 0.339 e. The van der Waals surface area contributed by atoms with Crippen LogP contribution in [-0.4, -0.2) is 36.5 Å². The van der Waals surface area contributed by atoms with Crippen LogP contribution in [-0.2, 0) is 21.5 Å². The predicted molar refractivity (Wildman–Crippen MR) is 145 cm³/mol. The molecular formula is C24H15BrClFN2O8S2. The average molecular weight is 658 g/mol. The SMILES string of the molecule is COc1cc(/C=C2\SC(=O)N(Cc3ccc(F)cc3Cl)C2=O)cc(Br)c1OS(=O)(=O)c1ccc([N+](=O)[O-])cc1. The summed E-state index contributed by atoms with van der Waals surface area (Å²) in [6, 6.07) is 10.6. The zero-order chi connectivity index (χ0) is 28.5. The van der Waals surface area contributed by atoms with Gasteiger partial charge in [-0.3, -0.25) is 24.6 Å². The van der Waals surface area contributed by atoms with Crippen LogP contribution in [0, 0.1) is 15.9 Å². The molecule has 0 aliphatic carbocycles. The molecule has 1 saturated heterocycles. The topological polar surface area (TPSA) is 133 Å². The average Bonchev–Trinajstić information content (AvgIpc) is 3.14. The summed E-state index contributed by atoms with van der Waals surface area (Å²) in [4.78, 5) is 36.3. The van der Waals surface area contributed by atoms with E-state index in [4.69, 9.17) is 20.5 Å². The number of hydrogen-bond acceptors (Lipinski definition) is 9. The van der Waals surface area contributed by atoms with Gasteiger partial charge in [0.2, 0.25) is 0 Å². The highest BCUT2D eigenvalue weighted by Gasteiger charge is 2.35. The molecule has 0 spiro atoms. The van der Waals surface area contributed by atoms with Gasteiger partial charge in [0.15, 0.2) is 11.5 Å². The summed E-state index contributed by atoms with van der Waals surface area (Å²) in [6.07, 6.45) is 1.42. The molecule has 0 N–H and O–H groups in total. The van der Waals surface area contributed by atoms with Crippen molar-refractivity contribution in [2.75, 3.05) is 7.11 Å². The number of non-ortho nitro benzene ring substituents is 1. The van der Waals surface area contributed by atoms with Gasteiger partial charge in [0.05, 0.1) is 28.0 Å². The fraction of sp³-hybridized carbons (Fsp3) is 0.0833. The van der Waals surface area contributed by atoms with Crippen LogP contribution in [0.15, 0.2) is 68.9 Å². The summed E-state index contributed by atoms with van der Waals surface area (Å²) in [5.74, 6) is -1.36. The van der Waals surface area contributed by atoms with Gasteiger partial charge in [0, 0.05) is 17.2 Å². The minimum Gasteiger partial charge on any atom is -0.493 e. The summed E-state index contributed by atoms with van der Waals surface area (Å²) < 4.78 is 49.6. The van der Waals surface area contributed by atoms with E-state index in [1.54, 1.807) is 0 Å². The Labute approximate surface area is 238 Å². The second-order valence-electron chi connectivity index (χ2n) is 7.83. The molecule has 3 aromatic rings. The Bertz CT molecular complexity index is 1650. The molecular weight excluding hydrogens is 643 g/mol. The van der Waals surface area contributed by atoms with Gasteiger partial charge in [-0.2, -0.15) is 8.42 Å². The van der Waals surface area contributed by atoms with E-state index >= 15 is 0 Å². The first kappa shape index (κ1) is 28.5. The normalized spacial score (nSPS) is 14.7. The molecule has 0 aromatic heterocycles. The molecule has 0 bridgehead atoms. The molecule has 1 aliphatic heterocycles. The third-order valence-electron chi connectivity index (χ3n) is 5.30. The Balaban J connectivity index is 1.59. The van der Waals surface area contributed by atoms with Gasteiger partial charge in [-0.15, -0.1) is 0 Å². The molecule has 0 unspecified atom stereocenters. The molecule has 1 heterocycles. The number of rotatable bonds is 8. The smallest absolute Gasteiger partial charge is 0.339 e. The van der Waals surface area contributed by atoms with Crippen LogP contribution in [0.1, 0.15) is 11.1 Å². The summed E-state index contributed by atoms with van der Waals surface area (Å²) in [6.45, 7) is -0.151. The summed E-state index contributed by atoms with van der Waals surface area (Å²) in [5.41, 5.74) is 0.480. The molecule has 2 amide bonds. The van der Waals surface area contributed by atoms with Crippen LogP contribution in [0.2, 0.25) is 5.02 Å². The van der Waals surface area contributed by atoms with E-state index in [9.17, 15) is 32.5 Å². The lowest BCUT2D eigenvalue weighted by Crippen LogP contribution is -2.27. The maximum atomic E-state index is 13.3. The molecule has 0 radical (unpaired) electrons. The van der Waals surface area contributed by atoms with Crippen LogP contribution in [0.4, 0.5) is 14.9 Å². The Hall–Kier alpha value is -3.46. The van der Waals surface area contributed by atoms with E-state index in [1.165, 1.54) is 37.5 Å². The van der Waals surface area contributed by atoms with Crippen molar-refractivity contribution in [2.24, 2.45) is 0 Å². The molecule has 1 aliphatic rings. The van der Waals surface area contributed by atoms with Gasteiger partial charge in [-0.1, -0.05) is 17.7 Å². The van der Waals surface area contributed by atoms with E-state index in [2.05, 4.69) is 15.9 Å². The fourth-order valence-corrected chi connectivity index (χ4v) is 6.07. The number of nitrogens with zero attached hydrogens (tertiary/aromatic N) is 2.